The number of ether oxygens (including phenoxy) is 2. The van der Waals surface area contributed by atoms with Gasteiger partial charge in [0.1, 0.15) is 5.75 Å². The number of benzene rings is 2. The lowest BCUT2D eigenvalue weighted by Gasteiger charge is -2.36. The molecular formula is C23H27NO4. The van der Waals surface area contributed by atoms with E-state index in [-0.39, 0.29) is 17.9 Å². The molecule has 0 spiro atoms. The monoisotopic (exact) mass is 381 g/mol. The van der Waals surface area contributed by atoms with E-state index in [9.17, 15) is 9.90 Å². The lowest BCUT2D eigenvalue weighted by Crippen LogP contribution is -2.43. The molecule has 1 amide bonds. The van der Waals surface area contributed by atoms with Gasteiger partial charge in [0.2, 0.25) is 0 Å². The van der Waals surface area contributed by atoms with Gasteiger partial charge in [-0.05, 0) is 30.0 Å². The van der Waals surface area contributed by atoms with Gasteiger partial charge in [-0.15, -0.1) is 0 Å². The maximum Gasteiger partial charge on any atom is 0.257 e. The summed E-state index contributed by atoms with van der Waals surface area (Å²) in [5, 5.41) is 9.96. The van der Waals surface area contributed by atoms with Crippen LogP contribution in [0.1, 0.15) is 22.3 Å². The first-order chi connectivity index (χ1) is 13.7. The molecule has 0 bridgehead atoms. The zero-order chi connectivity index (χ0) is 19.4. The number of fused-ring (bicyclic) bond motifs is 1. The van der Waals surface area contributed by atoms with Gasteiger partial charge in [-0.25, -0.2) is 0 Å². The van der Waals surface area contributed by atoms with Crippen molar-refractivity contribution < 1.29 is 19.4 Å². The molecule has 1 N–H and O–H groups in total. The Labute approximate surface area is 165 Å². The standard InChI is InChI=1S/C23H27NO4/c25-16-23-15-24(14-19(23)11-12-27-17-23)22(26)20-8-4-5-9-21(20)28-13-10-18-6-2-1-3-7-18/h1-9,19,25H,10-17H2/t19-,23+/m0/s1. The van der Waals surface area contributed by atoms with E-state index in [2.05, 4.69) is 12.1 Å². The van der Waals surface area contributed by atoms with Gasteiger partial charge < -0.3 is 19.5 Å². The van der Waals surface area contributed by atoms with Crippen molar-refractivity contribution in [3.8, 4) is 5.75 Å². The van der Waals surface area contributed by atoms with Crippen LogP contribution in [0.25, 0.3) is 0 Å². The number of amides is 1. The van der Waals surface area contributed by atoms with E-state index in [1.165, 1.54) is 5.56 Å². The van der Waals surface area contributed by atoms with Gasteiger partial charge in [-0.2, -0.15) is 0 Å². The number of carbonyl (C=O) groups is 1. The van der Waals surface area contributed by atoms with E-state index < -0.39 is 0 Å². The third kappa shape index (κ3) is 3.77. The molecule has 2 saturated heterocycles. The number of hydrogen-bond acceptors (Lipinski definition) is 4. The highest BCUT2D eigenvalue weighted by Gasteiger charge is 2.49. The Morgan fingerprint density at radius 1 is 1.18 bits per heavy atom. The predicted molar refractivity (Wildman–Crippen MR) is 106 cm³/mol. The molecule has 5 nitrogen and oxygen atoms in total. The smallest absolute Gasteiger partial charge is 0.257 e. The van der Waals surface area contributed by atoms with Crippen LogP contribution < -0.4 is 4.74 Å². The molecule has 148 valence electrons. The molecule has 5 heteroatoms. The number of para-hydroxylation sites is 1. The maximum absolute atomic E-state index is 13.2. The molecule has 2 aliphatic rings. The molecular weight excluding hydrogens is 354 g/mol. The molecule has 4 rings (SSSR count). The Bertz CT molecular complexity index is 809. The highest BCUT2D eigenvalue weighted by Crippen LogP contribution is 2.41. The fraction of sp³-hybridized carbons (Fsp3) is 0.435. The number of rotatable bonds is 6. The van der Waals surface area contributed by atoms with Gasteiger partial charge in [0.25, 0.3) is 5.91 Å². The Kier molecular flexibility index (Phi) is 5.64. The summed E-state index contributed by atoms with van der Waals surface area (Å²) in [7, 11) is 0. The Hall–Kier alpha value is -2.37. The third-order valence-corrected chi connectivity index (χ3v) is 6.02. The summed E-state index contributed by atoms with van der Waals surface area (Å²) >= 11 is 0. The summed E-state index contributed by atoms with van der Waals surface area (Å²) in [5.74, 6) is 0.881. The van der Waals surface area contributed by atoms with Gasteiger partial charge >= 0.3 is 0 Å². The zero-order valence-corrected chi connectivity index (χ0v) is 16.0. The molecule has 2 fully saturated rings. The third-order valence-electron chi connectivity index (χ3n) is 6.02. The van der Waals surface area contributed by atoms with Crippen LogP contribution in [-0.2, 0) is 11.2 Å². The SMILES string of the molecule is O=C(c1ccccc1OCCc1ccccc1)N1C[C@@H]2CCOC[C@]2(CO)C1. The van der Waals surface area contributed by atoms with Crippen molar-refractivity contribution in [2.75, 3.05) is 39.5 Å². The minimum atomic E-state index is -0.322. The molecule has 2 atom stereocenters. The number of aliphatic hydroxyl groups is 1. The second-order valence-corrected chi connectivity index (χ2v) is 7.82. The average molecular weight is 381 g/mol. The lowest BCUT2D eigenvalue weighted by atomic mass is 9.76. The summed E-state index contributed by atoms with van der Waals surface area (Å²) in [6.07, 6.45) is 1.68. The van der Waals surface area contributed by atoms with Gasteiger partial charge in [0.05, 0.1) is 25.4 Å². The van der Waals surface area contributed by atoms with Crippen LogP contribution in [0, 0.1) is 11.3 Å². The van der Waals surface area contributed by atoms with E-state index in [0.29, 0.717) is 50.1 Å². The van der Waals surface area contributed by atoms with Gasteiger partial charge in [0.15, 0.2) is 0 Å². The van der Waals surface area contributed by atoms with E-state index in [0.717, 1.165) is 12.8 Å². The van der Waals surface area contributed by atoms with Crippen molar-refractivity contribution >= 4 is 5.91 Å². The molecule has 0 saturated carbocycles. The van der Waals surface area contributed by atoms with Crippen molar-refractivity contribution in [3.63, 3.8) is 0 Å². The Morgan fingerprint density at radius 3 is 2.75 bits per heavy atom. The molecule has 2 heterocycles. The molecule has 0 radical (unpaired) electrons. The minimum Gasteiger partial charge on any atom is -0.492 e. The van der Waals surface area contributed by atoms with E-state index in [1.54, 1.807) is 0 Å². The second-order valence-electron chi connectivity index (χ2n) is 7.82. The molecule has 0 unspecified atom stereocenters. The number of hydrogen-bond donors (Lipinski definition) is 1. The van der Waals surface area contributed by atoms with Crippen LogP contribution in [0.4, 0.5) is 0 Å². The van der Waals surface area contributed by atoms with Crippen molar-refractivity contribution in [2.24, 2.45) is 11.3 Å². The molecule has 28 heavy (non-hydrogen) atoms. The molecule has 0 aliphatic carbocycles. The topological polar surface area (TPSA) is 59.0 Å². The van der Waals surface area contributed by atoms with Crippen molar-refractivity contribution in [1.82, 2.24) is 4.90 Å². The minimum absolute atomic E-state index is 0.0301. The average Bonchev–Trinajstić information content (AvgIpc) is 3.15. The lowest BCUT2D eigenvalue weighted by molar-refractivity contribution is -0.0557. The maximum atomic E-state index is 13.2. The first-order valence-electron chi connectivity index (χ1n) is 9.95. The van der Waals surface area contributed by atoms with Gasteiger partial charge in [-0.1, -0.05) is 42.5 Å². The van der Waals surface area contributed by atoms with Gasteiger partial charge in [-0.3, -0.25) is 4.79 Å². The quantitative estimate of drug-likeness (QED) is 0.836. The molecule has 2 aromatic carbocycles. The van der Waals surface area contributed by atoms with Crippen LogP contribution in [-0.4, -0.2) is 55.4 Å². The van der Waals surface area contributed by atoms with E-state index >= 15 is 0 Å². The number of likely N-dealkylation sites (tertiary alicyclic amines) is 1. The summed E-state index contributed by atoms with van der Waals surface area (Å²) in [5.41, 5.74) is 1.47. The predicted octanol–water partition coefficient (Wildman–Crippen LogP) is 2.78. The van der Waals surface area contributed by atoms with Crippen molar-refractivity contribution in [3.05, 3.63) is 65.7 Å². The summed E-state index contributed by atoms with van der Waals surface area (Å²) in [6.45, 7) is 3.00. The normalized spacial score (nSPS) is 24.0. The van der Waals surface area contributed by atoms with Crippen LogP contribution in [0.15, 0.2) is 54.6 Å². The van der Waals surface area contributed by atoms with E-state index in [4.69, 9.17) is 9.47 Å². The zero-order valence-electron chi connectivity index (χ0n) is 16.0. The number of carbonyl (C=O) groups excluding carboxylic acids is 1. The molecule has 2 aliphatic heterocycles. The first-order valence-corrected chi connectivity index (χ1v) is 9.95. The molecule has 0 aromatic heterocycles. The highest BCUT2D eigenvalue weighted by molar-refractivity contribution is 5.97. The number of nitrogens with zero attached hydrogens (tertiary/aromatic N) is 1. The molecule has 2 aromatic rings. The van der Waals surface area contributed by atoms with E-state index in [1.807, 2.05) is 47.4 Å². The Balaban J connectivity index is 1.45. The first kappa shape index (κ1) is 19.0. The summed E-state index contributed by atoms with van der Waals surface area (Å²) in [6, 6.07) is 17.6. The van der Waals surface area contributed by atoms with Gasteiger partial charge in [0, 0.05) is 31.5 Å². The second kappa shape index (κ2) is 8.33. The largest absolute Gasteiger partial charge is 0.492 e. The summed E-state index contributed by atoms with van der Waals surface area (Å²) in [4.78, 5) is 15.1. The summed E-state index contributed by atoms with van der Waals surface area (Å²) < 4.78 is 11.6. The van der Waals surface area contributed by atoms with Crippen molar-refractivity contribution in [1.29, 1.82) is 0 Å². The van der Waals surface area contributed by atoms with Crippen LogP contribution in [0.3, 0.4) is 0 Å². The number of aliphatic hydroxyl groups excluding tert-OH is 1. The van der Waals surface area contributed by atoms with Crippen LogP contribution in [0.5, 0.6) is 5.75 Å². The Morgan fingerprint density at radius 2 is 1.96 bits per heavy atom. The van der Waals surface area contributed by atoms with Crippen LogP contribution in [0.2, 0.25) is 0 Å². The highest BCUT2D eigenvalue weighted by atomic mass is 16.5. The fourth-order valence-corrected chi connectivity index (χ4v) is 4.34. The fourth-order valence-electron chi connectivity index (χ4n) is 4.34. The van der Waals surface area contributed by atoms with Crippen LogP contribution >= 0.6 is 0 Å². The van der Waals surface area contributed by atoms with Crippen molar-refractivity contribution in [2.45, 2.75) is 12.8 Å².